The normalized spacial score (nSPS) is 10.9. The average molecular weight is 569 g/mol. The quantitative estimate of drug-likeness (QED) is 0.145. The largest absolute Gasteiger partial charge is 0.508 e. The van der Waals surface area contributed by atoms with Gasteiger partial charge in [-0.15, -0.1) is 0 Å². The van der Waals surface area contributed by atoms with Gasteiger partial charge in [-0.3, -0.25) is 9.59 Å². The zero-order valence-corrected chi connectivity index (χ0v) is 22.2. The Kier molecular flexibility index (Phi) is 6.97. The predicted molar refractivity (Wildman–Crippen MR) is 156 cm³/mol. The van der Waals surface area contributed by atoms with Crippen LogP contribution in [-0.2, 0) is 0 Å². The molecule has 6 N–H and O–H groups in total. The van der Waals surface area contributed by atoms with Gasteiger partial charge in [0.1, 0.15) is 68.0 Å². The lowest BCUT2D eigenvalue weighted by molar-refractivity contribution is 0.450. The van der Waals surface area contributed by atoms with Gasteiger partial charge in [-0.2, -0.15) is 0 Å². The van der Waals surface area contributed by atoms with Gasteiger partial charge < -0.3 is 39.5 Å². The van der Waals surface area contributed by atoms with Crippen molar-refractivity contribution in [2.75, 3.05) is 0 Å². The van der Waals surface area contributed by atoms with Crippen LogP contribution in [0.4, 0.5) is 0 Å². The molecule has 0 saturated heterocycles. The molecular formula is C32H24O10. The van der Waals surface area contributed by atoms with Crippen LogP contribution in [0.1, 0.15) is 13.8 Å². The molecule has 10 heteroatoms. The molecule has 0 saturated carbocycles. The van der Waals surface area contributed by atoms with Gasteiger partial charge in [-0.05, 0) is 42.5 Å². The highest BCUT2D eigenvalue weighted by Gasteiger charge is 2.22. The number of phenols is 6. The molecule has 2 aromatic heterocycles. The first-order chi connectivity index (χ1) is 20.1. The van der Waals surface area contributed by atoms with Gasteiger partial charge in [0, 0.05) is 47.0 Å². The summed E-state index contributed by atoms with van der Waals surface area (Å²) in [5.41, 5.74) is -1.07. The van der Waals surface area contributed by atoms with Gasteiger partial charge in [0.05, 0.1) is 5.56 Å². The third-order valence-corrected chi connectivity index (χ3v) is 6.47. The molecule has 0 unspecified atom stereocenters. The van der Waals surface area contributed by atoms with E-state index in [0.717, 1.165) is 30.3 Å². The Labute approximate surface area is 236 Å². The molecule has 0 aliphatic rings. The summed E-state index contributed by atoms with van der Waals surface area (Å²) in [4.78, 5) is 25.7. The van der Waals surface area contributed by atoms with Crippen molar-refractivity contribution in [3.8, 4) is 68.3 Å². The highest BCUT2D eigenvalue weighted by molar-refractivity contribution is 5.97. The number of phenolic OH excluding ortho intramolecular Hbond substituents is 6. The maximum Gasteiger partial charge on any atom is 0.197 e. The number of hydrogen-bond donors (Lipinski definition) is 6. The summed E-state index contributed by atoms with van der Waals surface area (Å²) in [5.74, 6) is -2.15. The number of benzene rings is 4. The first-order valence-electron chi connectivity index (χ1n) is 12.8. The molecule has 0 spiro atoms. The van der Waals surface area contributed by atoms with E-state index < -0.39 is 28.1 Å². The number of fused-ring (bicyclic) bond motifs is 2. The number of aromatic hydroxyl groups is 6. The summed E-state index contributed by atoms with van der Waals surface area (Å²) in [7, 11) is 0. The Balaban J connectivity index is 0.00000173. The Morgan fingerprint density at radius 3 is 1.76 bits per heavy atom. The molecular weight excluding hydrogens is 544 g/mol. The summed E-state index contributed by atoms with van der Waals surface area (Å²) in [6.07, 6.45) is 0. The lowest BCUT2D eigenvalue weighted by atomic mass is 9.97. The van der Waals surface area contributed by atoms with E-state index in [2.05, 4.69) is 0 Å². The molecule has 4 aromatic carbocycles. The van der Waals surface area contributed by atoms with Crippen LogP contribution < -0.4 is 10.9 Å². The van der Waals surface area contributed by atoms with Crippen molar-refractivity contribution in [2.24, 2.45) is 0 Å². The number of hydrogen-bond acceptors (Lipinski definition) is 10. The summed E-state index contributed by atoms with van der Waals surface area (Å²) in [6.45, 7) is 4.00. The van der Waals surface area contributed by atoms with Crippen molar-refractivity contribution < 1.29 is 39.5 Å². The molecule has 0 aliphatic heterocycles. The molecule has 42 heavy (non-hydrogen) atoms. The SMILES string of the molecule is CC.O=c1cc(-c2ccc(O)c(-c3c(O)cc4oc(-c5ccc(O)cc5)cc(=O)c4c3O)c2)oc2cc(O)cc(O)c12. The van der Waals surface area contributed by atoms with Crippen molar-refractivity contribution in [1.29, 1.82) is 0 Å². The van der Waals surface area contributed by atoms with Crippen molar-refractivity contribution in [2.45, 2.75) is 13.8 Å². The van der Waals surface area contributed by atoms with Crippen LogP contribution in [-0.4, -0.2) is 30.6 Å². The van der Waals surface area contributed by atoms with Crippen molar-refractivity contribution in [1.82, 2.24) is 0 Å². The molecule has 0 bridgehead atoms. The maximum atomic E-state index is 13.0. The molecule has 0 amide bonds. The van der Waals surface area contributed by atoms with Crippen LogP contribution in [0.3, 0.4) is 0 Å². The first-order valence-corrected chi connectivity index (χ1v) is 12.8. The molecule has 0 aliphatic carbocycles. The van der Waals surface area contributed by atoms with Crippen molar-refractivity contribution in [3.63, 3.8) is 0 Å². The lowest BCUT2D eigenvalue weighted by Crippen LogP contribution is -2.02. The summed E-state index contributed by atoms with van der Waals surface area (Å²) >= 11 is 0. The molecule has 212 valence electrons. The van der Waals surface area contributed by atoms with E-state index in [1.807, 2.05) is 13.8 Å². The molecule has 2 heterocycles. The predicted octanol–water partition coefficient (Wildman–Crippen LogP) is 6.16. The third-order valence-electron chi connectivity index (χ3n) is 6.47. The van der Waals surface area contributed by atoms with E-state index in [4.69, 9.17) is 8.83 Å². The van der Waals surface area contributed by atoms with Crippen LogP contribution in [0.2, 0.25) is 0 Å². The Morgan fingerprint density at radius 1 is 0.524 bits per heavy atom. The van der Waals surface area contributed by atoms with Gasteiger partial charge in [0.25, 0.3) is 0 Å². The fourth-order valence-electron chi connectivity index (χ4n) is 4.61. The van der Waals surface area contributed by atoms with Crippen LogP contribution in [0, 0.1) is 0 Å². The Hall–Kier alpha value is -5.90. The minimum absolute atomic E-state index is 0.00146. The summed E-state index contributed by atoms with van der Waals surface area (Å²) < 4.78 is 11.5. The monoisotopic (exact) mass is 568 g/mol. The maximum absolute atomic E-state index is 13.0. The zero-order valence-electron chi connectivity index (χ0n) is 22.2. The minimum Gasteiger partial charge on any atom is -0.508 e. The minimum atomic E-state index is -0.650. The van der Waals surface area contributed by atoms with E-state index in [0.29, 0.717) is 5.56 Å². The highest BCUT2D eigenvalue weighted by Crippen LogP contribution is 2.46. The molecule has 6 aromatic rings. The van der Waals surface area contributed by atoms with E-state index in [-0.39, 0.29) is 67.4 Å². The molecule has 6 rings (SSSR count). The topological polar surface area (TPSA) is 182 Å². The molecule has 0 radical (unpaired) electrons. The average Bonchev–Trinajstić information content (AvgIpc) is 2.94. The first kappa shape index (κ1) is 27.7. The highest BCUT2D eigenvalue weighted by atomic mass is 16.3. The van der Waals surface area contributed by atoms with Gasteiger partial charge in [-0.25, -0.2) is 0 Å². The van der Waals surface area contributed by atoms with Gasteiger partial charge >= 0.3 is 0 Å². The van der Waals surface area contributed by atoms with Gasteiger partial charge in [-0.1, -0.05) is 13.8 Å². The summed E-state index contributed by atoms with van der Waals surface area (Å²) in [5, 5.41) is 61.6. The molecule has 10 nitrogen and oxygen atoms in total. The second-order valence-corrected chi connectivity index (χ2v) is 9.06. The van der Waals surface area contributed by atoms with Gasteiger partial charge in [0.15, 0.2) is 10.9 Å². The number of rotatable bonds is 3. The Morgan fingerprint density at radius 2 is 1.10 bits per heavy atom. The van der Waals surface area contributed by atoms with Crippen LogP contribution in [0.15, 0.2) is 91.2 Å². The fourth-order valence-corrected chi connectivity index (χ4v) is 4.61. The van der Waals surface area contributed by atoms with E-state index >= 15 is 0 Å². The molecule has 0 fully saturated rings. The second kappa shape index (κ2) is 10.6. The Bertz CT molecular complexity index is 2110. The van der Waals surface area contributed by atoms with Gasteiger partial charge in [0.2, 0.25) is 0 Å². The van der Waals surface area contributed by atoms with Crippen molar-refractivity contribution in [3.05, 3.63) is 93.2 Å². The zero-order chi connectivity index (χ0) is 30.3. The lowest BCUT2D eigenvalue weighted by Gasteiger charge is -2.13. The standard InChI is InChI=1S/C30H18O10.C2H6/c31-15-4-1-13(2-5-15)23-11-22(37)29-26(39-23)12-20(35)27(30(29)38)17-7-14(3-6-18(17)33)24-10-21(36)28-19(34)8-16(32)9-25(28)40-24;1-2/h1-12,31-35,38H;1-2H3. The van der Waals surface area contributed by atoms with Crippen LogP contribution in [0.25, 0.3) is 55.7 Å². The van der Waals surface area contributed by atoms with E-state index in [9.17, 15) is 40.2 Å². The fraction of sp³-hybridized carbons (Fsp3) is 0.0625. The van der Waals surface area contributed by atoms with Crippen LogP contribution >= 0.6 is 0 Å². The smallest absolute Gasteiger partial charge is 0.197 e. The van der Waals surface area contributed by atoms with Crippen molar-refractivity contribution >= 4 is 21.9 Å². The third kappa shape index (κ3) is 4.71. The second-order valence-electron chi connectivity index (χ2n) is 9.06. The molecule has 0 atom stereocenters. The van der Waals surface area contributed by atoms with E-state index in [1.165, 1.54) is 42.5 Å². The summed E-state index contributed by atoms with van der Waals surface area (Å²) in [6, 6.07) is 15.4. The van der Waals surface area contributed by atoms with E-state index in [1.54, 1.807) is 0 Å². The van der Waals surface area contributed by atoms with Crippen LogP contribution in [0.5, 0.6) is 34.5 Å².